The number of aromatic amines is 1. The van der Waals surface area contributed by atoms with Crippen molar-refractivity contribution in [2.75, 3.05) is 19.6 Å². The van der Waals surface area contributed by atoms with Crippen molar-refractivity contribution in [3.8, 4) is 11.1 Å². The van der Waals surface area contributed by atoms with Crippen LogP contribution in [0.25, 0.3) is 22.2 Å². The van der Waals surface area contributed by atoms with Crippen LogP contribution < -0.4 is 11.1 Å². The number of pyridine rings is 2. The molecular weight excluding hydrogens is 449 g/mol. The van der Waals surface area contributed by atoms with Gasteiger partial charge in [0, 0.05) is 60.0 Å². The molecule has 3 aromatic rings. The molecular formula is C23H25F3N6O2. The Balaban J connectivity index is 1.77. The maximum atomic E-state index is 13.0. The number of rotatable bonds is 7. The first-order chi connectivity index (χ1) is 16.0. The summed E-state index contributed by atoms with van der Waals surface area (Å²) in [6.45, 7) is 3.25. The van der Waals surface area contributed by atoms with Crippen LogP contribution in [-0.2, 0) is 10.3 Å². The molecule has 8 nitrogen and oxygen atoms in total. The number of fused-ring (bicyclic) bond motifs is 1. The summed E-state index contributed by atoms with van der Waals surface area (Å²) < 4.78 is 39.1. The number of aromatic nitrogens is 3. The van der Waals surface area contributed by atoms with Gasteiger partial charge < -0.3 is 15.6 Å². The van der Waals surface area contributed by atoms with Gasteiger partial charge in [-0.15, -0.1) is 0 Å². The Hall–Kier alpha value is -3.47. The fourth-order valence-electron chi connectivity index (χ4n) is 4.26. The molecule has 180 valence electrons. The second-order valence-electron chi connectivity index (χ2n) is 8.73. The highest BCUT2D eigenvalue weighted by molar-refractivity contribution is 6.01. The first kappa shape index (κ1) is 23.7. The van der Waals surface area contributed by atoms with E-state index >= 15 is 0 Å². The predicted octanol–water partition coefficient (Wildman–Crippen LogP) is 2.96. The van der Waals surface area contributed by atoms with E-state index in [2.05, 4.69) is 20.3 Å². The van der Waals surface area contributed by atoms with Gasteiger partial charge in [0.05, 0.1) is 12.1 Å². The summed E-state index contributed by atoms with van der Waals surface area (Å²) in [7, 11) is 0. The molecule has 1 saturated heterocycles. The zero-order valence-electron chi connectivity index (χ0n) is 18.7. The first-order valence-electron chi connectivity index (χ1n) is 10.9. The number of hydrogen-bond donors (Lipinski definition) is 3. The van der Waals surface area contributed by atoms with E-state index < -0.39 is 30.1 Å². The SMILES string of the molecule is CC(C)[C@@](NCC(F)(F)F)(C(N)=O)c1cncc(-c2c[nH]c3ncc(C(=O)N4CCC4)cc23)c1. The average Bonchev–Trinajstić information content (AvgIpc) is 3.15. The number of alkyl halides is 3. The fourth-order valence-corrected chi connectivity index (χ4v) is 4.26. The Kier molecular flexibility index (Phi) is 6.07. The predicted molar refractivity (Wildman–Crippen MR) is 120 cm³/mol. The molecule has 0 aromatic carbocycles. The molecule has 4 rings (SSSR count). The summed E-state index contributed by atoms with van der Waals surface area (Å²) in [6.07, 6.45) is 2.49. The summed E-state index contributed by atoms with van der Waals surface area (Å²) in [4.78, 5) is 38.5. The lowest BCUT2D eigenvalue weighted by Crippen LogP contribution is -2.58. The number of carbonyl (C=O) groups is 2. The number of carbonyl (C=O) groups excluding carboxylic acids is 2. The van der Waals surface area contributed by atoms with Crippen LogP contribution in [0, 0.1) is 5.92 Å². The van der Waals surface area contributed by atoms with E-state index in [0.717, 1.165) is 6.42 Å². The van der Waals surface area contributed by atoms with Crippen LogP contribution in [0.15, 0.2) is 36.9 Å². The van der Waals surface area contributed by atoms with Gasteiger partial charge in [-0.05, 0) is 24.5 Å². The van der Waals surface area contributed by atoms with E-state index in [1.165, 1.54) is 18.6 Å². The topological polar surface area (TPSA) is 117 Å². The summed E-state index contributed by atoms with van der Waals surface area (Å²) in [5, 5.41) is 2.99. The van der Waals surface area contributed by atoms with Gasteiger partial charge in [0.2, 0.25) is 5.91 Å². The largest absolute Gasteiger partial charge is 0.401 e. The van der Waals surface area contributed by atoms with Gasteiger partial charge >= 0.3 is 6.18 Å². The molecule has 4 N–H and O–H groups in total. The van der Waals surface area contributed by atoms with Crippen LogP contribution in [0.2, 0.25) is 0 Å². The van der Waals surface area contributed by atoms with Gasteiger partial charge in [-0.1, -0.05) is 13.8 Å². The number of nitrogens with zero attached hydrogens (tertiary/aromatic N) is 3. The summed E-state index contributed by atoms with van der Waals surface area (Å²) in [5.41, 5.74) is 6.24. The monoisotopic (exact) mass is 474 g/mol. The van der Waals surface area contributed by atoms with E-state index in [1.807, 2.05) is 0 Å². The number of halogens is 3. The third-order valence-electron chi connectivity index (χ3n) is 6.25. The summed E-state index contributed by atoms with van der Waals surface area (Å²) >= 11 is 0. The fraction of sp³-hybridized carbons (Fsp3) is 0.391. The number of nitrogens with two attached hydrogens (primary N) is 1. The van der Waals surface area contributed by atoms with Crippen LogP contribution in [-0.4, -0.2) is 57.5 Å². The number of likely N-dealkylation sites (tertiary alicyclic amines) is 1. The van der Waals surface area contributed by atoms with Crippen LogP contribution in [0.4, 0.5) is 13.2 Å². The molecule has 1 aliphatic rings. The Morgan fingerprint density at radius 2 is 1.94 bits per heavy atom. The first-order valence-corrected chi connectivity index (χ1v) is 10.9. The van der Waals surface area contributed by atoms with Gasteiger partial charge in [0.1, 0.15) is 11.2 Å². The molecule has 1 atom stereocenters. The van der Waals surface area contributed by atoms with Crippen molar-refractivity contribution in [2.45, 2.75) is 32.0 Å². The van der Waals surface area contributed by atoms with E-state index in [9.17, 15) is 22.8 Å². The van der Waals surface area contributed by atoms with Crippen molar-refractivity contribution in [1.82, 2.24) is 25.2 Å². The average molecular weight is 474 g/mol. The van der Waals surface area contributed by atoms with Gasteiger partial charge in [-0.2, -0.15) is 13.2 Å². The van der Waals surface area contributed by atoms with Crippen molar-refractivity contribution in [3.05, 3.63) is 48.0 Å². The van der Waals surface area contributed by atoms with E-state index in [-0.39, 0.29) is 11.5 Å². The molecule has 3 aromatic heterocycles. The Bertz CT molecular complexity index is 1230. The normalized spacial score (nSPS) is 15.9. The highest BCUT2D eigenvalue weighted by Crippen LogP contribution is 2.35. The van der Waals surface area contributed by atoms with Crippen LogP contribution in [0.1, 0.15) is 36.2 Å². The zero-order chi connectivity index (χ0) is 24.7. The standard InChI is InChI=1S/C23H25F3N6O2/c1-13(2)23(21(27)34,31-12-22(24,25)26)16-6-14(8-28-10-16)18-11-30-19-17(18)7-15(9-29-19)20(33)32-4-3-5-32/h6-11,13,31H,3-5,12H2,1-2H3,(H2,27,34)(H,29,30)/t23-/m0/s1. The van der Waals surface area contributed by atoms with Crippen molar-refractivity contribution in [1.29, 1.82) is 0 Å². The number of nitrogens with one attached hydrogen (secondary N) is 2. The highest BCUT2D eigenvalue weighted by atomic mass is 19.4. The number of primary amides is 1. The molecule has 0 radical (unpaired) electrons. The molecule has 0 aliphatic carbocycles. The number of amides is 2. The Morgan fingerprint density at radius 3 is 2.53 bits per heavy atom. The summed E-state index contributed by atoms with van der Waals surface area (Å²) in [6, 6.07) is 3.32. The Morgan fingerprint density at radius 1 is 1.21 bits per heavy atom. The lowest BCUT2D eigenvalue weighted by Gasteiger charge is -2.36. The van der Waals surface area contributed by atoms with Gasteiger partial charge in [-0.25, -0.2) is 4.98 Å². The quantitative estimate of drug-likeness (QED) is 0.487. The lowest BCUT2D eigenvalue weighted by atomic mass is 9.79. The minimum atomic E-state index is -4.54. The van der Waals surface area contributed by atoms with Crippen molar-refractivity contribution >= 4 is 22.8 Å². The van der Waals surface area contributed by atoms with Crippen LogP contribution in [0.5, 0.6) is 0 Å². The zero-order valence-corrected chi connectivity index (χ0v) is 18.7. The van der Waals surface area contributed by atoms with Gasteiger partial charge in [0.15, 0.2) is 0 Å². The van der Waals surface area contributed by atoms with E-state index in [4.69, 9.17) is 5.73 Å². The number of H-pyrrole nitrogens is 1. The van der Waals surface area contributed by atoms with Crippen molar-refractivity contribution in [3.63, 3.8) is 0 Å². The van der Waals surface area contributed by atoms with Gasteiger partial charge in [0.25, 0.3) is 5.91 Å². The molecule has 4 heterocycles. The molecule has 1 fully saturated rings. The molecule has 34 heavy (non-hydrogen) atoms. The Labute approximate surface area is 193 Å². The molecule has 0 saturated carbocycles. The minimum Gasteiger partial charge on any atom is -0.368 e. The maximum absolute atomic E-state index is 13.0. The van der Waals surface area contributed by atoms with Gasteiger partial charge in [-0.3, -0.25) is 19.9 Å². The van der Waals surface area contributed by atoms with E-state index in [1.54, 1.807) is 37.1 Å². The second kappa shape index (κ2) is 8.71. The maximum Gasteiger partial charge on any atom is 0.401 e. The number of hydrogen-bond acceptors (Lipinski definition) is 5. The van der Waals surface area contributed by atoms with Crippen LogP contribution >= 0.6 is 0 Å². The minimum absolute atomic E-state index is 0.108. The lowest BCUT2D eigenvalue weighted by molar-refractivity contribution is -0.139. The van der Waals surface area contributed by atoms with Crippen LogP contribution in [0.3, 0.4) is 0 Å². The molecule has 0 spiro atoms. The molecule has 2 amide bonds. The third kappa shape index (κ3) is 4.23. The molecule has 1 aliphatic heterocycles. The highest BCUT2D eigenvalue weighted by Gasteiger charge is 2.44. The second-order valence-corrected chi connectivity index (χ2v) is 8.73. The summed E-state index contributed by atoms with van der Waals surface area (Å²) in [5.74, 6) is -1.65. The third-order valence-corrected chi connectivity index (χ3v) is 6.25. The molecule has 11 heteroatoms. The smallest absolute Gasteiger partial charge is 0.368 e. The van der Waals surface area contributed by atoms with E-state index in [0.29, 0.717) is 40.8 Å². The van der Waals surface area contributed by atoms with Crippen molar-refractivity contribution < 1.29 is 22.8 Å². The molecule has 0 unspecified atom stereocenters. The molecule has 0 bridgehead atoms. The van der Waals surface area contributed by atoms with Crippen molar-refractivity contribution in [2.24, 2.45) is 11.7 Å².